The Bertz CT molecular complexity index is 984. The van der Waals surface area contributed by atoms with Gasteiger partial charge >= 0.3 is 0 Å². The van der Waals surface area contributed by atoms with Crippen molar-refractivity contribution in [2.24, 2.45) is 0 Å². The van der Waals surface area contributed by atoms with Gasteiger partial charge < -0.3 is 10.4 Å². The van der Waals surface area contributed by atoms with Crippen LogP contribution in [0.1, 0.15) is 34.7 Å². The monoisotopic (exact) mass is 371 g/mol. The Morgan fingerprint density at radius 3 is 2.96 bits per heavy atom. The minimum atomic E-state index is -0.496. The summed E-state index contributed by atoms with van der Waals surface area (Å²) >= 11 is 0. The Balaban J connectivity index is 1.67. The molecule has 8 heteroatoms. The first-order valence-electron chi connectivity index (χ1n) is 8.77. The number of aliphatic hydroxyl groups is 1. The predicted octanol–water partition coefficient (Wildman–Crippen LogP) is 2.17. The van der Waals surface area contributed by atoms with Gasteiger partial charge in [0.1, 0.15) is 17.7 Å². The quantitative estimate of drug-likeness (QED) is 0.291. The Morgan fingerprint density at radius 1 is 1.37 bits per heavy atom. The van der Waals surface area contributed by atoms with E-state index in [1.54, 1.807) is 41.3 Å². The minimum Gasteiger partial charge on any atom is -0.394 e. The summed E-state index contributed by atoms with van der Waals surface area (Å²) in [6.07, 6.45) is 7.35. The molecule has 1 aromatic carbocycles. The second kappa shape index (κ2) is 7.34. The molecule has 3 aromatic rings. The molecule has 140 valence electrons. The molecule has 0 aliphatic heterocycles. The van der Waals surface area contributed by atoms with Crippen LogP contribution in [0.2, 0.25) is 0 Å². The molecule has 27 heavy (non-hydrogen) atoms. The SMILES string of the molecule is O=C(NOCCO)c1cc[n+]2c[nH]cc2c1Nc1ccc(C2CC2)cc1F. The van der Waals surface area contributed by atoms with E-state index >= 15 is 0 Å². The Hall–Kier alpha value is -2.97. The molecule has 0 spiro atoms. The summed E-state index contributed by atoms with van der Waals surface area (Å²) in [7, 11) is 0. The van der Waals surface area contributed by atoms with Crippen LogP contribution < -0.4 is 15.2 Å². The van der Waals surface area contributed by atoms with Crippen molar-refractivity contribution in [1.29, 1.82) is 0 Å². The number of aromatic nitrogens is 2. The fraction of sp³-hybridized carbons (Fsp3) is 0.263. The van der Waals surface area contributed by atoms with Crippen molar-refractivity contribution < 1.29 is 23.5 Å². The van der Waals surface area contributed by atoms with Crippen molar-refractivity contribution in [3.8, 4) is 0 Å². The average Bonchev–Trinajstić information content (AvgIpc) is 3.40. The van der Waals surface area contributed by atoms with Gasteiger partial charge in [-0.25, -0.2) is 19.3 Å². The second-order valence-electron chi connectivity index (χ2n) is 6.48. The molecular weight excluding hydrogens is 351 g/mol. The highest BCUT2D eigenvalue weighted by atomic mass is 19.1. The summed E-state index contributed by atoms with van der Waals surface area (Å²) in [6.45, 7) is -0.233. The first kappa shape index (κ1) is 17.4. The topological polar surface area (TPSA) is 90.5 Å². The number of H-pyrrole nitrogens is 1. The number of nitrogens with one attached hydrogen (secondary N) is 3. The Kier molecular flexibility index (Phi) is 4.74. The third-order valence-electron chi connectivity index (χ3n) is 4.54. The van der Waals surface area contributed by atoms with Gasteiger partial charge in [0.15, 0.2) is 5.52 Å². The molecule has 2 aromatic heterocycles. The number of fused-ring (bicyclic) bond motifs is 1. The van der Waals surface area contributed by atoms with Crippen LogP contribution in [-0.4, -0.2) is 29.2 Å². The summed E-state index contributed by atoms with van der Waals surface area (Å²) in [5, 5.41) is 11.8. The number of carbonyl (C=O) groups excluding carboxylic acids is 1. The molecule has 0 bridgehead atoms. The largest absolute Gasteiger partial charge is 0.394 e. The number of imidazole rings is 1. The van der Waals surface area contributed by atoms with Gasteiger partial charge in [-0.15, -0.1) is 0 Å². The molecule has 0 saturated heterocycles. The van der Waals surface area contributed by atoms with E-state index in [9.17, 15) is 9.18 Å². The van der Waals surface area contributed by atoms with Gasteiger partial charge in [-0.1, -0.05) is 6.07 Å². The fourth-order valence-electron chi connectivity index (χ4n) is 3.02. The zero-order valence-electron chi connectivity index (χ0n) is 14.5. The lowest BCUT2D eigenvalue weighted by Crippen LogP contribution is -2.28. The number of hydrogen-bond acceptors (Lipinski definition) is 4. The van der Waals surface area contributed by atoms with E-state index in [4.69, 9.17) is 9.94 Å². The maximum atomic E-state index is 14.6. The van der Waals surface area contributed by atoms with E-state index in [1.165, 1.54) is 0 Å². The van der Waals surface area contributed by atoms with Gasteiger partial charge in [-0.2, -0.15) is 0 Å². The van der Waals surface area contributed by atoms with Gasteiger partial charge in [0.05, 0.1) is 30.7 Å². The zero-order chi connectivity index (χ0) is 18.8. The van der Waals surface area contributed by atoms with Crippen LogP contribution in [0.5, 0.6) is 0 Å². The highest BCUT2D eigenvalue weighted by molar-refractivity contribution is 6.02. The van der Waals surface area contributed by atoms with Gasteiger partial charge in [-0.05, 0) is 42.5 Å². The second-order valence-corrected chi connectivity index (χ2v) is 6.48. The lowest BCUT2D eigenvalue weighted by molar-refractivity contribution is -0.510. The van der Waals surface area contributed by atoms with E-state index in [-0.39, 0.29) is 19.0 Å². The van der Waals surface area contributed by atoms with Crippen molar-refractivity contribution >= 4 is 22.8 Å². The van der Waals surface area contributed by atoms with E-state index in [0.717, 1.165) is 18.4 Å². The molecule has 1 aliphatic rings. The molecule has 4 N–H and O–H groups in total. The Labute approximate surface area is 154 Å². The van der Waals surface area contributed by atoms with Crippen LogP contribution in [0.25, 0.3) is 5.52 Å². The van der Waals surface area contributed by atoms with Crippen molar-refractivity contribution in [3.05, 3.63) is 59.9 Å². The van der Waals surface area contributed by atoms with E-state index in [2.05, 4.69) is 15.8 Å². The van der Waals surface area contributed by atoms with Gasteiger partial charge in [0.2, 0.25) is 6.33 Å². The molecule has 0 radical (unpaired) electrons. The third kappa shape index (κ3) is 3.62. The molecule has 1 saturated carbocycles. The van der Waals surface area contributed by atoms with E-state index < -0.39 is 5.91 Å². The number of amides is 1. The van der Waals surface area contributed by atoms with Crippen LogP contribution in [-0.2, 0) is 4.84 Å². The van der Waals surface area contributed by atoms with Gasteiger partial charge in [0.25, 0.3) is 5.91 Å². The maximum Gasteiger partial charge on any atom is 0.277 e. The summed E-state index contributed by atoms with van der Waals surface area (Å²) in [5.41, 5.74) is 4.98. The number of nitrogens with zero attached hydrogens (tertiary/aromatic N) is 1. The highest BCUT2D eigenvalue weighted by Crippen LogP contribution is 2.41. The first-order valence-corrected chi connectivity index (χ1v) is 8.77. The first-order chi connectivity index (χ1) is 13.2. The van der Waals surface area contributed by atoms with Crippen molar-refractivity contribution in [1.82, 2.24) is 10.5 Å². The molecule has 0 unspecified atom stereocenters. The number of hydrogen-bond donors (Lipinski definition) is 4. The molecular formula is C19H20FN4O3+. The number of carbonyl (C=O) groups is 1. The summed E-state index contributed by atoms with van der Waals surface area (Å²) in [6, 6.07) is 6.77. The maximum absolute atomic E-state index is 14.6. The van der Waals surface area contributed by atoms with Crippen molar-refractivity contribution in [2.75, 3.05) is 18.5 Å². The van der Waals surface area contributed by atoms with Crippen molar-refractivity contribution in [2.45, 2.75) is 18.8 Å². The number of hydroxylamine groups is 1. The molecule has 1 fully saturated rings. The molecule has 4 rings (SSSR count). The third-order valence-corrected chi connectivity index (χ3v) is 4.54. The smallest absolute Gasteiger partial charge is 0.277 e. The van der Waals surface area contributed by atoms with Crippen LogP contribution in [0.15, 0.2) is 43.0 Å². The standard InChI is InChI=1S/C19H19FN4O3/c20-15-9-13(12-1-2-12)3-4-16(15)22-18-14(19(26)23-27-8-7-25)5-6-24-11-21-10-17(18)24/h3-6,9-12,25H,1-2,7-8H2,(H2,22,23,26)/p+1. The van der Waals surface area contributed by atoms with Crippen LogP contribution >= 0.6 is 0 Å². The predicted molar refractivity (Wildman–Crippen MR) is 96.1 cm³/mol. The summed E-state index contributed by atoms with van der Waals surface area (Å²) in [4.78, 5) is 20.3. The summed E-state index contributed by atoms with van der Waals surface area (Å²) in [5.74, 6) is -0.397. The number of halogens is 1. The highest BCUT2D eigenvalue weighted by Gasteiger charge is 2.25. The number of pyridine rings is 1. The van der Waals surface area contributed by atoms with Crippen molar-refractivity contribution in [3.63, 3.8) is 0 Å². The molecule has 0 atom stereocenters. The van der Waals surface area contributed by atoms with Crippen LogP contribution in [0, 0.1) is 5.82 Å². The van der Waals surface area contributed by atoms with E-state index in [1.807, 2.05) is 6.07 Å². The van der Waals surface area contributed by atoms with E-state index in [0.29, 0.717) is 28.4 Å². The molecule has 7 nitrogen and oxygen atoms in total. The number of benzene rings is 1. The summed E-state index contributed by atoms with van der Waals surface area (Å²) < 4.78 is 16.4. The zero-order valence-corrected chi connectivity index (χ0v) is 14.5. The number of aromatic amines is 1. The number of rotatable bonds is 7. The number of anilines is 2. The molecule has 1 aliphatic carbocycles. The van der Waals surface area contributed by atoms with Gasteiger partial charge in [-0.3, -0.25) is 9.63 Å². The molecule has 1 amide bonds. The Morgan fingerprint density at radius 2 is 2.22 bits per heavy atom. The normalized spacial score (nSPS) is 13.7. The fourth-order valence-corrected chi connectivity index (χ4v) is 3.02. The van der Waals surface area contributed by atoms with Gasteiger partial charge in [0, 0.05) is 0 Å². The minimum absolute atomic E-state index is 0.0209. The lowest BCUT2D eigenvalue weighted by atomic mass is 10.1. The number of aliphatic hydroxyl groups excluding tert-OH is 1. The average molecular weight is 371 g/mol. The van der Waals surface area contributed by atoms with Crippen LogP contribution in [0.3, 0.4) is 0 Å². The van der Waals surface area contributed by atoms with Crippen LogP contribution in [0.4, 0.5) is 15.8 Å². The lowest BCUT2D eigenvalue weighted by Gasteiger charge is -2.13. The molecule has 2 heterocycles.